The highest BCUT2D eigenvalue weighted by atomic mass is 19.1. The molecule has 0 saturated carbocycles. The van der Waals surface area contributed by atoms with Gasteiger partial charge in [0.1, 0.15) is 18.5 Å². The van der Waals surface area contributed by atoms with E-state index in [1.165, 1.54) is 0 Å². The average molecular weight is 445 g/mol. The van der Waals surface area contributed by atoms with Gasteiger partial charge >= 0.3 is 0 Å². The average Bonchev–Trinajstić information content (AvgIpc) is 3.32. The van der Waals surface area contributed by atoms with Crippen LogP contribution >= 0.6 is 0 Å². The highest BCUT2D eigenvalue weighted by molar-refractivity contribution is 5.95. The standard InChI is InChI=1S/C26H24FN3O3/c1-30(14-19-11-29-24(10-27)23-13-28-12-22(19)23)26(31)18-7-8-21(17-5-3-2-4-6-17)25(9-18)33-20-15-32-16-20/h2-9,11,13,20H,10,12,14-16H2,1H3. The number of amides is 1. The first-order valence-electron chi connectivity index (χ1n) is 10.9. The summed E-state index contributed by atoms with van der Waals surface area (Å²) in [6.07, 6.45) is 3.30. The number of hydrogen-bond acceptors (Lipinski definition) is 5. The van der Waals surface area contributed by atoms with Crippen LogP contribution in [-0.4, -0.2) is 48.4 Å². The van der Waals surface area contributed by atoms with Crippen molar-refractivity contribution >= 4 is 12.1 Å². The molecule has 168 valence electrons. The van der Waals surface area contributed by atoms with Gasteiger partial charge in [-0.05, 0) is 34.9 Å². The van der Waals surface area contributed by atoms with E-state index in [0.29, 0.717) is 43.3 Å². The molecular weight excluding hydrogens is 421 g/mol. The third-order valence-corrected chi connectivity index (χ3v) is 5.96. The number of alkyl halides is 1. The van der Waals surface area contributed by atoms with Crippen molar-refractivity contribution in [2.24, 2.45) is 4.99 Å². The van der Waals surface area contributed by atoms with Crippen molar-refractivity contribution < 1.29 is 18.7 Å². The Balaban J connectivity index is 1.40. The van der Waals surface area contributed by atoms with Gasteiger partial charge in [-0.15, -0.1) is 0 Å². The molecule has 0 bridgehead atoms. The van der Waals surface area contributed by atoms with Crippen LogP contribution in [0.25, 0.3) is 11.1 Å². The molecule has 0 N–H and O–H groups in total. The second kappa shape index (κ2) is 9.11. The second-order valence-corrected chi connectivity index (χ2v) is 8.24. The van der Waals surface area contributed by atoms with E-state index in [0.717, 1.165) is 27.8 Å². The van der Waals surface area contributed by atoms with Crippen LogP contribution in [0.2, 0.25) is 0 Å². The Bertz CT molecular complexity index is 1210. The summed E-state index contributed by atoms with van der Waals surface area (Å²) in [4.78, 5) is 23.4. The van der Waals surface area contributed by atoms with E-state index >= 15 is 0 Å². The quantitative estimate of drug-likeness (QED) is 0.547. The molecule has 7 heteroatoms. The molecule has 0 aliphatic carbocycles. The van der Waals surface area contributed by atoms with Gasteiger partial charge in [0.2, 0.25) is 0 Å². The molecule has 0 atom stereocenters. The number of carbonyl (C=O) groups is 1. The molecule has 0 unspecified atom stereocenters. The van der Waals surface area contributed by atoms with E-state index in [1.54, 1.807) is 30.4 Å². The van der Waals surface area contributed by atoms with E-state index in [1.807, 2.05) is 42.5 Å². The number of aromatic nitrogens is 1. The zero-order chi connectivity index (χ0) is 22.8. The van der Waals surface area contributed by atoms with Crippen LogP contribution in [0, 0.1) is 0 Å². The molecule has 0 spiro atoms. The second-order valence-electron chi connectivity index (χ2n) is 8.24. The fourth-order valence-electron chi connectivity index (χ4n) is 4.08. The Morgan fingerprint density at radius 1 is 1.21 bits per heavy atom. The van der Waals surface area contributed by atoms with Crippen molar-refractivity contribution in [2.45, 2.75) is 25.9 Å². The van der Waals surface area contributed by atoms with Gasteiger partial charge in [0.15, 0.2) is 0 Å². The first-order valence-corrected chi connectivity index (χ1v) is 10.9. The summed E-state index contributed by atoms with van der Waals surface area (Å²) in [5.41, 5.74) is 5.43. The minimum absolute atomic E-state index is 0.0155. The molecule has 3 heterocycles. The third-order valence-electron chi connectivity index (χ3n) is 5.96. The van der Waals surface area contributed by atoms with Gasteiger partial charge in [-0.3, -0.25) is 14.8 Å². The molecule has 2 aliphatic heterocycles. The SMILES string of the molecule is CN(Cc1cnc(CF)c2c1CN=C2)C(=O)c1ccc(-c2ccccc2)c(OC2COC2)c1. The van der Waals surface area contributed by atoms with Gasteiger partial charge in [0.05, 0.1) is 25.5 Å². The van der Waals surface area contributed by atoms with Crippen LogP contribution in [-0.2, 0) is 24.5 Å². The van der Waals surface area contributed by atoms with Gasteiger partial charge in [-0.2, -0.15) is 0 Å². The van der Waals surface area contributed by atoms with Crippen molar-refractivity contribution in [3.63, 3.8) is 0 Å². The van der Waals surface area contributed by atoms with Gasteiger partial charge < -0.3 is 14.4 Å². The highest BCUT2D eigenvalue weighted by Crippen LogP contribution is 2.33. The molecule has 1 aromatic heterocycles. The Morgan fingerprint density at radius 2 is 2.03 bits per heavy atom. The minimum atomic E-state index is -0.633. The zero-order valence-corrected chi connectivity index (χ0v) is 18.3. The maximum absolute atomic E-state index is 13.3. The van der Waals surface area contributed by atoms with Gasteiger partial charge in [0, 0.05) is 42.7 Å². The van der Waals surface area contributed by atoms with Crippen LogP contribution in [0.4, 0.5) is 4.39 Å². The van der Waals surface area contributed by atoms with Gasteiger partial charge in [-0.25, -0.2) is 4.39 Å². The first kappa shape index (κ1) is 21.3. The topological polar surface area (TPSA) is 64.0 Å². The number of ether oxygens (including phenoxy) is 2. The number of halogens is 1. The van der Waals surface area contributed by atoms with Crippen LogP contribution < -0.4 is 4.74 Å². The van der Waals surface area contributed by atoms with Gasteiger partial charge in [0.25, 0.3) is 5.91 Å². The third kappa shape index (κ3) is 4.24. The summed E-state index contributed by atoms with van der Waals surface area (Å²) in [5.74, 6) is 0.531. The summed E-state index contributed by atoms with van der Waals surface area (Å²) < 4.78 is 24.6. The molecule has 1 fully saturated rings. The monoisotopic (exact) mass is 445 g/mol. The van der Waals surface area contributed by atoms with E-state index in [9.17, 15) is 9.18 Å². The Morgan fingerprint density at radius 3 is 2.76 bits per heavy atom. The summed E-state index contributed by atoms with van der Waals surface area (Å²) in [7, 11) is 1.75. The summed E-state index contributed by atoms with van der Waals surface area (Å²) in [6, 6.07) is 15.5. The summed E-state index contributed by atoms with van der Waals surface area (Å²) in [5, 5.41) is 0. The smallest absolute Gasteiger partial charge is 0.254 e. The van der Waals surface area contributed by atoms with Crippen molar-refractivity contribution in [1.29, 1.82) is 0 Å². The zero-order valence-electron chi connectivity index (χ0n) is 18.3. The molecule has 2 aliphatic rings. The fraction of sp³-hybridized carbons (Fsp3) is 0.269. The van der Waals surface area contributed by atoms with Crippen molar-refractivity contribution in [2.75, 3.05) is 20.3 Å². The van der Waals surface area contributed by atoms with Crippen LogP contribution in [0.1, 0.15) is 32.7 Å². The number of fused-ring (bicyclic) bond motifs is 1. The van der Waals surface area contributed by atoms with E-state index in [-0.39, 0.29) is 12.0 Å². The minimum Gasteiger partial charge on any atom is -0.485 e. The predicted molar refractivity (Wildman–Crippen MR) is 123 cm³/mol. The fourth-order valence-corrected chi connectivity index (χ4v) is 4.08. The lowest BCUT2D eigenvalue weighted by atomic mass is 10.0. The van der Waals surface area contributed by atoms with Crippen molar-refractivity contribution in [3.05, 3.63) is 82.7 Å². The number of aliphatic imine (C=N–C) groups is 1. The lowest BCUT2D eigenvalue weighted by Crippen LogP contribution is -2.38. The van der Waals surface area contributed by atoms with Crippen LogP contribution in [0.3, 0.4) is 0 Å². The summed E-state index contributed by atoms with van der Waals surface area (Å²) >= 11 is 0. The van der Waals surface area contributed by atoms with Crippen molar-refractivity contribution in [3.8, 4) is 16.9 Å². The molecule has 0 radical (unpaired) electrons. The maximum Gasteiger partial charge on any atom is 0.254 e. The molecule has 3 aromatic rings. The molecular formula is C26H24FN3O3. The predicted octanol–water partition coefficient (Wildman–Crippen LogP) is 4.20. The maximum atomic E-state index is 13.3. The number of nitrogens with zero attached hydrogens (tertiary/aromatic N) is 3. The number of carbonyl (C=O) groups excluding carboxylic acids is 1. The Kier molecular flexibility index (Phi) is 5.88. The highest BCUT2D eigenvalue weighted by Gasteiger charge is 2.24. The largest absolute Gasteiger partial charge is 0.485 e. The van der Waals surface area contributed by atoms with Crippen LogP contribution in [0.15, 0.2) is 59.7 Å². The van der Waals surface area contributed by atoms with E-state index < -0.39 is 6.67 Å². The van der Waals surface area contributed by atoms with Gasteiger partial charge in [-0.1, -0.05) is 30.3 Å². The van der Waals surface area contributed by atoms with Crippen molar-refractivity contribution in [1.82, 2.24) is 9.88 Å². The number of pyridine rings is 1. The Labute approximate surface area is 191 Å². The van der Waals surface area contributed by atoms with Crippen LogP contribution in [0.5, 0.6) is 5.75 Å². The number of rotatable bonds is 7. The molecule has 33 heavy (non-hydrogen) atoms. The molecule has 1 saturated heterocycles. The lowest BCUT2D eigenvalue weighted by Gasteiger charge is -2.28. The Hall–Kier alpha value is -3.58. The number of hydrogen-bond donors (Lipinski definition) is 0. The normalized spacial score (nSPS) is 14.6. The molecule has 1 amide bonds. The summed E-state index contributed by atoms with van der Waals surface area (Å²) in [6.45, 7) is 1.29. The molecule has 6 nitrogen and oxygen atoms in total. The number of benzene rings is 2. The van der Waals surface area contributed by atoms with E-state index in [4.69, 9.17) is 9.47 Å². The molecule has 5 rings (SSSR count). The lowest BCUT2D eigenvalue weighted by molar-refractivity contribution is -0.0794. The van der Waals surface area contributed by atoms with E-state index in [2.05, 4.69) is 9.98 Å². The first-order chi connectivity index (χ1) is 16.1. The molecule has 2 aromatic carbocycles.